The number of methoxy groups -OCH3 is 1. The van der Waals surface area contributed by atoms with E-state index < -0.39 is 0 Å². The second kappa shape index (κ2) is 13.2. The number of nitrogens with zero attached hydrogens (tertiary/aromatic N) is 5. The van der Waals surface area contributed by atoms with E-state index in [9.17, 15) is 4.79 Å². The van der Waals surface area contributed by atoms with Crippen molar-refractivity contribution in [2.45, 2.75) is 6.42 Å². The van der Waals surface area contributed by atoms with E-state index in [1.165, 1.54) is 17.7 Å². The highest BCUT2D eigenvalue weighted by atomic mass is 32.1. The predicted molar refractivity (Wildman–Crippen MR) is 172 cm³/mol. The van der Waals surface area contributed by atoms with Gasteiger partial charge in [0, 0.05) is 55.6 Å². The fourth-order valence-corrected chi connectivity index (χ4v) is 5.85. The molecule has 5 aromatic rings. The molecule has 0 bridgehead atoms. The molecule has 0 spiro atoms. The van der Waals surface area contributed by atoms with Crippen molar-refractivity contribution in [2.24, 2.45) is 0 Å². The summed E-state index contributed by atoms with van der Waals surface area (Å²) in [6.07, 6.45) is 2.48. The van der Waals surface area contributed by atoms with E-state index in [0.29, 0.717) is 34.7 Å². The number of para-hydroxylation sites is 1. The lowest BCUT2D eigenvalue weighted by atomic mass is 10.2. The average molecular weight is 599 g/mol. The van der Waals surface area contributed by atoms with Crippen molar-refractivity contribution >= 4 is 60.8 Å². The molecule has 1 aliphatic heterocycles. The monoisotopic (exact) mass is 598 g/mol. The van der Waals surface area contributed by atoms with Crippen LogP contribution in [0, 0.1) is 0 Å². The van der Waals surface area contributed by atoms with Gasteiger partial charge in [-0.3, -0.25) is 5.32 Å². The molecule has 0 unspecified atom stereocenters. The van der Waals surface area contributed by atoms with Crippen molar-refractivity contribution in [1.82, 2.24) is 24.8 Å². The van der Waals surface area contributed by atoms with Crippen LogP contribution in [0.2, 0.25) is 0 Å². The first-order valence-electron chi connectivity index (χ1n) is 14.2. The number of hydrogen-bond acceptors (Lipinski definition) is 10. The summed E-state index contributed by atoms with van der Waals surface area (Å²) >= 11 is 1.39. The summed E-state index contributed by atoms with van der Waals surface area (Å²) in [5, 5.41) is 10.3. The number of carbonyl (C=O) groups is 1. The largest absolute Gasteiger partial charge is 0.493 e. The SMILES string of the molecule is COc1cc2c(Nc3ccc4nc(NC(=O)Nc5ccccc5)sc4c3)ncnc2cc1OCCCN1CCN(C)CC1. The Hall–Kier alpha value is -4.52. The number of nitrogens with one attached hydrogen (secondary N) is 3. The van der Waals surface area contributed by atoms with E-state index in [4.69, 9.17) is 9.47 Å². The second-order valence-corrected chi connectivity index (χ2v) is 11.4. The third-order valence-corrected chi connectivity index (χ3v) is 8.23. The van der Waals surface area contributed by atoms with Gasteiger partial charge in [0.25, 0.3) is 0 Å². The number of rotatable bonds is 10. The lowest BCUT2D eigenvalue weighted by molar-refractivity contribution is 0.145. The van der Waals surface area contributed by atoms with Crippen LogP contribution in [-0.4, -0.2) is 84.3 Å². The molecule has 0 saturated carbocycles. The lowest BCUT2D eigenvalue weighted by Crippen LogP contribution is -2.44. The van der Waals surface area contributed by atoms with Crippen LogP contribution < -0.4 is 25.4 Å². The number of ether oxygens (including phenoxy) is 2. The van der Waals surface area contributed by atoms with Gasteiger partial charge in [-0.05, 0) is 49.9 Å². The molecule has 0 radical (unpaired) electrons. The van der Waals surface area contributed by atoms with E-state index in [-0.39, 0.29) is 6.03 Å². The van der Waals surface area contributed by atoms with Crippen LogP contribution >= 0.6 is 11.3 Å². The van der Waals surface area contributed by atoms with E-state index in [2.05, 4.69) is 47.7 Å². The maximum atomic E-state index is 12.4. The summed E-state index contributed by atoms with van der Waals surface area (Å²) in [6.45, 7) is 6.04. The molecule has 1 aliphatic rings. The highest BCUT2D eigenvalue weighted by Gasteiger charge is 2.15. The van der Waals surface area contributed by atoms with Crippen molar-refractivity contribution < 1.29 is 14.3 Å². The summed E-state index contributed by atoms with van der Waals surface area (Å²) in [7, 11) is 3.81. The number of carbonyl (C=O) groups excluding carboxylic acids is 1. The predicted octanol–water partition coefficient (Wildman–Crippen LogP) is 5.65. The van der Waals surface area contributed by atoms with Gasteiger partial charge in [0.1, 0.15) is 12.1 Å². The maximum absolute atomic E-state index is 12.4. The fourth-order valence-electron chi connectivity index (χ4n) is 4.95. The topological polar surface area (TPSA) is 117 Å². The third kappa shape index (κ3) is 7.11. The Morgan fingerprint density at radius 3 is 2.58 bits per heavy atom. The second-order valence-electron chi connectivity index (χ2n) is 10.4. The molecule has 2 aromatic heterocycles. The molecule has 1 saturated heterocycles. The zero-order valence-electron chi connectivity index (χ0n) is 24.2. The molecule has 6 rings (SSSR count). The van der Waals surface area contributed by atoms with Crippen molar-refractivity contribution in [3.63, 3.8) is 0 Å². The van der Waals surface area contributed by atoms with Crippen molar-refractivity contribution in [1.29, 1.82) is 0 Å². The Bertz CT molecular complexity index is 1710. The molecule has 0 atom stereocenters. The van der Waals surface area contributed by atoms with Crippen molar-refractivity contribution in [2.75, 3.05) is 69.4 Å². The minimum atomic E-state index is -0.344. The van der Waals surface area contributed by atoms with Gasteiger partial charge < -0.3 is 29.9 Å². The Balaban J connectivity index is 1.12. The summed E-state index contributed by atoms with van der Waals surface area (Å²) in [4.78, 5) is 30.8. The van der Waals surface area contributed by atoms with Crippen molar-refractivity contribution in [3.05, 3.63) is 67.0 Å². The standard InChI is InChI=1S/C31H34N8O3S/c1-38-12-14-39(15-13-38)11-6-16-42-27-19-25-23(18-26(27)41-2)29(33-20-32-25)34-22-9-10-24-28(17-22)43-31(36-24)37-30(40)35-21-7-4-3-5-8-21/h3-5,7-10,17-20H,6,11-16H2,1-2H3,(H,32,33,34)(H2,35,36,37,40). The Morgan fingerprint density at radius 2 is 1.77 bits per heavy atom. The molecule has 12 heteroatoms. The van der Waals surface area contributed by atoms with Gasteiger partial charge in [0.2, 0.25) is 0 Å². The molecule has 11 nitrogen and oxygen atoms in total. The van der Waals surface area contributed by atoms with E-state index in [1.807, 2.05) is 60.7 Å². The molecule has 43 heavy (non-hydrogen) atoms. The lowest BCUT2D eigenvalue weighted by Gasteiger charge is -2.32. The zero-order valence-corrected chi connectivity index (χ0v) is 25.0. The van der Waals surface area contributed by atoms with E-state index in [0.717, 1.165) is 66.0 Å². The van der Waals surface area contributed by atoms with Crippen LogP contribution in [-0.2, 0) is 0 Å². The Labute approximate surface area is 253 Å². The van der Waals surface area contributed by atoms with Crippen LogP contribution in [0.5, 0.6) is 11.5 Å². The molecule has 3 heterocycles. The van der Waals surface area contributed by atoms with Gasteiger partial charge in [0.05, 0.1) is 29.5 Å². The quantitative estimate of drug-likeness (QED) is 0.175. The number of hydrogen-bond donors (Lipinski definition) is 3. The minimum Gasteiger partial charge on any atom is -0.493 e. The number of likely N-dealkylation sites (N-methyl/N-ethyl adjacent to an activating group) is 1. The van der Waals surface area contributed by atoms with Gasteiger partial charge in [-0.2, -0.15) is 0 Å². The molecule has 0 aliphatic carbocycles. The van der Waals surface area contributed by atoms with Gasteiger partial charge in [0.15, 0.2) is 16.6 Å². The van der Waals surface area contributed by atoms with E-state index in [1.54, 1.807) is 7.11 Å². The normalized spacial score (nSPS) is 14.1. The number of piperazine rings is 1. The molecule has 1 fully saturated rings. The fraction of sp³-hybridized carbons (Fsp3) is 0.290. The first-order valence-corrected chi connectivity index (χ1v) is 15.0. The van der Waals surface area contributed by atoms with Gasteiger partial charge >= 0.3 is 6.03 Å². The summed E-state index contributed by atoms with van der Waals surface area (Å²) in [6, 6.07) is 18.6. The first kappa shape index (κ1) is 28.6. The van der Waals surface area contributed by atoms with E-state index >= 15 is 0 Å². The maximum Gasteiger partial charge on any atom is 0.325 e. The van der Waals surface area contributed by atoms with Crippen LogP contribution in [0.3, 0.4) is 0 Å². The summed E-state index contributed by atoms with van der Waals surface area (Å²) in [5.41, 5.74) is 3.08. The molecule has 3 N–H and O–H groups in total. The Morgan fingerprint density at radius 1 is 0.930 bits per heavy atom. The number of aromatic nitrogens is 3. The molecular formula is C31H34N8O3S. The molecular weight excluding hydrogens is 564 g/mol. The highest BCUT2D eigenvalue weighted by molar-refractivity contribution is 7.22. The number of fused-ring (bicyclic) bond motifs is 2. The smallest absolute Gasteiger partial charge is 0.325 e. The number of amides is 2. The highest BCUT2D eigenvalue weighted by Crippen LogP contribution is 2.36. The minimum absolute atomic E-state index is 0.344. The molecule has 3 aromatic carbocycles. The van der Waals surface area contributed by atoms with Gasteiger partial charge in [-0.1, -0.05) is 29.5 Å². The first-order chi connectivity index (χ1) is 21.0. The molecule has 222 valence electrons. The number of thiazole rings is 1. The third-order valence-electron chi connectivity index (χ3n) is 7.30. The van der Waals surface area contributed by atoms with Crippen molar-refractivity contribution in [3.8, 4) is 11.5 Å². The van der Waals surface area contributed by atoms with Crippen LogP contribution in [0.25, 0.3) is 21.1 Å². The summed E-state index contributed by atoms with van der Waals surface area (Å²) < 4.78 is 12.7. The average Bonchev–Trinajstić information content (AvgIpc) is 3.41. The van der Waals surface area contributed by atoms with Gasteiger partial charge in [-0.25, -0.2) is 19.7 Å². The number of anilines is 4. The summed E-state index contributed by atoms with van der Waals surface area (Å²) in [5.74, 6) is 1.95. The number of urea groups is 1. The van der Waals surface area contributed by atoms with Crippen LogP contribution in [0.4, 0.5) is 27.1 Å². The van der Waals surface area contributed by atoms with Crippen LogP contribution in [0.15, 0.2) is 67.0 Å². The Kier molecular flexibility index (Phi) is 8.77. The van der Waals surface area contributed by atoms with Gasteiger partial charge in [-0.15, -0.1) is 0 Å². The zero-order chi connectivity index (χ0) is 29.6. The van der Waals surface area contributed by atoms with Crippen LogP contribution in [0.1, 0.15) is 6.42 Å². The molecule has 2 amide bonds. The number of benzene rings is 3.